The van der Waals surface area contributed by atoms with Crippen LogP contribution in [0.25, 0.3) is 16.9 Å². The molecule has 0 saturated heterocycles. The van der Waals surface area contributed by atoms with Gasteiger partial charge in [0.25, 0.3) is 0 Å². The average molecular weight is 276 g/mol. The summed E-state index contributed by atoms with van der Waals surface area (Å²) in [5.41, 5.74) is 1.56. The number of hydrogen-bond donors (Lipinski definition) is 0. The normalized spacial score (nSPS) is 12.0. The summed E-state index contributed by atoms with van der Waals surface area (Å²) in [6.45, 7) is 1.91. The van der Waals surface area contributed by atoms with Crippen LogP contribution in [0.4, 0.5) is 13.2 Å². The van der Waals surface area contributed by atoms with E-state index in [-0.39, 0.29) is 5.65 Å². The van der Waals surface area contributed by atoms with Gasteiger partial charge in [-0.1, -0.05) is 24.3 Å². The zero-order valence-corrected chi connectivity index (χ0v) is 10.6. The van der Waals surface area contributed by atoms with Crippen LogP contribution >= 0.6 is 0 Å². The maximum atomic E-state index is 13.0. The monoisotopic (exact) mass is 276 g/mol. The summed E-state index contributed by atoms with van der Waals surface area (Å²) in [5, 5.41) is 0. The minimum Gasteiger partial charge on any atom is -0.306 e. The minimum absolute atomic E-state index is 0.0711. The van der Waals surface area contributed by atoms with Crippen molar-refractivity contribution in [3.63, 3.8) is 0 Å². The average Bonchev–Trinajstić information content (AvgIpc) is 2.81. The van der Waals surface area contributed by atoms with Gasteiger partial charge < -0.3 is 4.40 Å². The van der Waals surface area contributed by atoms with Gasteiger partial charge >= 0.3 is 6.18 Å². The Bertz CT molecular complexity index is 772. The number of alkyl halides is 3. The largest absolute Gasteiger partial charge is 0.419 e. The predicted molar refractivity (Wildman–Crippen MR) is 70.4 cm³/mol. The molecular weight excluding hydrogens is 265 g/mol. The highest BCUT2D eigenvalue weighted by molar-refractivity contribution is 5.67. The van der Waals surface area contributed by atoms with E-state index >= 15 is 0 Å². The van der Waals surface area contributed by atoms with Crippen LogP contribution in [0, 0.1) is 6.92 Å². The second-order valence-electron chi connectivity index (χ2n) is 4.59. The van der Waals surface area contributed by atoms with E-state index in [4.69, 9.17) is 0 Å². The number of fused-ring (bicyclic) bond motifs is 1. The number of aromatic nitrogens is 2. The standard InChI is InChI=1S/C15H11F3N2/c1-10-5-2-3-6-11(10)13-9-20-8-4-7-12(14(20)19-13)15(16,17)18/h2-9H,1H3. The molecule has 0 bridgehead atoms. The van der Waals surface area contributed by atoms with Crippen LogP contribution in [0.5, 0.6) is 0 Å². The lowest BCUT2D eigenvalue weighted by atomic mass is 10.1. The van der Waals surface area contributed by atoms with E-state index in [1.165, 1.54) is 10.5 Å². The molecule has 0 aliphatic rings. The number of imidazole rings is 1. The van der Waals surface area contributed by atoms with E-state index in [9.17, 15) is 13.2 Å². The van der Waals surface area contributed by atoms with E-state index in [1.807, 2.05) is 31.2 Å². The number of nitrogens with zero attached hydrogens (tertiary/aromatic N) is 2. The number of benzene rings is 1. The number of aryl methyl sites for hydroxylation is 1. The van der Waals surface area contributed by atoms with Gasteiger partial charge in [0.1, 0.15) is 5.65 Å². The molecule has 2 aromatic heterocycles. The van der Waals surface area contributed by atoms with Crippen LogP contribution in [0.2, 0.25) is 0 Å². The summed E-state index contributed by atoms with van der Waals surface area (Å²) in [5.74, 6) is 0. The van der Waals surface area contributed by atoms with Gasteiger partial charge in [-0.05, 0) is 24.6 Å². The highest BCUT2D eigenvalue weighted by atomic mass is 19.4. The zero-order chi connectivity index (χ0) is 14.3. The molecule has 20 heavy (non-hydrogen) atoms. The van der Waals surface area contributed by atoms with Crippen LogP contribution in [-0.4, -0.2) is 9.38 Å². The molecule has 0 spiro atoms. The SMILES string of the molecule is Cc1ccccc1-c1cn2cccc(C(F)(F)F)c2n1. The second kappa shape index (κ2) is 4.37. The van der Waals surface area contributed by atoms with Crippen molar-refractivity contribution in [2.24, 2.45) is 0 Å². The van der Waals surface area contributed by atoms with E-state index in [0.717, 1.165) is 17.2 Å². The Labute approximate surface area is 113 Å². The summed E-state index contributed by atoms with van der Waals surface area (Å²) in [6, 6.07) is 9.91. The number of rotatable bonds is 1. The van der Waals surface area contributed by atoms with Crippen molar-refractivity contribution in [3.8, 4) is 11.3 Å². The summed E-state index contributed by atoms with van der Waals surface area (Å²) < 4.78 is 40.3. The lowest BCUT2D eigenvalue weighted by Gasteiger charge is -2.06. The number of halogens is 3. The fourth-order valence-electron chi connectivity index (χ4n) is 2.22. The van der Waals surface area contributed by atoms with E-state index in [1.54, 1.807) is 12.4 Å². The summed E-state index contributed by atoms with van der Waals surface area (Å²) in [6.07, 6.45) is -1.22. The molecule has 0 radical (unpaired) electrons. The van der Waals surface area contributed by atoms with E-state index < -0.39 is 11.7 Å². The quantitative estimate of drug-likeness (QED) is 0.646. The van der Waals surface area contributed by atoms with E-state index in [2.05, 4.69) is 4.98 Å². The highest BCUT2D eigenvalue weighted by Crippen LogP contribution is 2.33. The van der Waals surface area contributed by atoms with Gasteiger partial charge in [0.15, 0.2) is 0 Å². The molecule has 0 aliphatic heterocycles. The Morgan fingerprint density at radius 1 is 1.05 bits per heavy atom. The van der Waals surface area contributed by atoms with Crippen molar-refractivity contribution >= 4 is 5.65 Å². The van der Waals surface area contributed by atoms with Crippen molar-refractivity contribution in [2.45, 2.75) is 13.1 Å². The first-order chi connectivity index (χ1) is 9.47. The van der Waals surface area contributed by atoms with Crippen molar-refractivity contribution < 1.29 is 13.2 Å². The van der Waals surface area contributed by atoms with Gasteiger partial charge in [0, 0.05) is 18.0 Å². The maximum absolute atomic E-state index is 13.0. The summed E-state index contributed by atoms with van der Waals surface area (Å²) >= 11 is 0. The summed E-state index contributed by atoms with van der Waals surface area (Å²) in [7, 11) is 0. The lowest BCUT2D eigenvalue weighted by molar-refractivity contribution is -0.136. The van der Waals surface area contributed by atoms with E-state index in [0.29, 0.717) is 5.69 Å². The maximum Gasteiger partial charge on any atom is 0.419 e. The first-order valence-corrected chi connectivity index (χ1v) is 6.08. The van der Waals surface area contributed by atoms with Crippen molar-refractivity contribution in [1.29, 1.82) is 0 Å². The smallest absolute Gasteiger partial charge is 0.306 e. The third-order valence-corrected chi connectivity index (χ3v) is 3.21. The minimum atomic E-state index is -4.41. The highest BCUT2D eigenvalue weighted by Gasteiger charge is 2.33. The molecule has 102 valence electrons. The van der Waals surface area contributed by atoms with Crippen LogP contribution in [0.15, 0.2) is 48.8 Å². The van der Waals surface area contributed by atoms with Crippen molar-refractivity contribution in [2.75, 3.05) is 0 Å². The Hall–Kier alpha value is -2.30. The fraction of sp³-hybridized carbons (Fsp3) is 0.133. The van der Waals surface area contributed by atoms with Gasteiger partial charge in [-0.3, -0.25) is 0 Å². The molecule has 0 fully saturated rings. The molecule has 0 N–H and O–H groups in total. The van der Waals surface area contributed by atoms with Crippen molar-refractivity contribution in [3.05, 3.63) is 59.9 Å². The number of pyridine rings is 1. The number of hydrogen-bond acceptors (Lipinski definition) is 1. The fourth-order valence-corrected chi connectivity index (χ4v) is 2.22. The first-order valence-electron chi connectivity index (χ1n) is 6.08. The van der Waals surface area contributed by atoms with Gasteiger partial charge in [0.05, 0.1) is 11.3 Å². The van der Waals surface area contributed by atoms with Crippen LogP contribution in [-0.2, 0) is 6.18 Å². The molecule has 0 unspecified atom stereocenters. The molecule has 5 heteroatoms. The molecule has 0 saturated carbocycles. The topological polar surface area (TPSA) is 17.3 Å². The molecular formula is C15H11F3N2. The molecule has 0 atom stereocenters. The predicted octanol–water partition coefficient (Wildman–Crippen LogP) is 4.33. The van der Waals surface area contributed by atoms with Crippen LogP contribution < -0.4 is 0 Å². The molecule has 1 aromatic carbocycles. The third kappa shape index (κ3) is 2.05. The van der Waals surface area contributed by atoms with Gasteiger partial charge in [-0.25, -0.2) is 4.98 Å². The molecule has 2 nitrogen and oxygen atoms in total. The molecule has 0 amide bonds. The van der Waals surface area contributed by atoms with Gasteiger partial charge in [-0.2, -0.15) is 13.2 Å². The zero-order valence-electron chi connectivity index (χ0n) is 10.6. The van der Waals surface area contributed by atoms with Crippen molar-refractivity contribution in [1.82, 2.24) is 9.38 Å². The van der Waals surface area contributed by atoms with Gasteiger partial charge in [0.2, 0.25) is 0 Å². The lowest BCUT2D eigenvalue weighted by Crippen LogP contribution is -2.07. The molecule has 2 heterocycles. The van der Waals surface area contributed by atoms with Crippen LogP contribution in [0.3, 0.4) is 0 Å². The Morgan fingerprint density at radius 2 is 1.80 bits per heavy atom. The molecule has 0 aliphatic carbocycles. The molecule has 3 aromatic rings. The Morgan fingerprint density at radius 3 is 2.50 bits per heavy atom. The Kier molecular flexibility index (Phi) is 2.78. The van der Waals surface area contributed by atoms with Gasteiger partial charge in [-0.15, -0.1) is 0 Å². The first kappa shape index (κ1) is 12.7. The van der Waals surface area contributed by atoms with Crippen LogP contribution in [0.1, 0.15) is 11.1 Å². The second-order valence-corrected chi connectivity index (χ2v) is 4.59. The Balaban J connectivity index is 2.24. The third-order valence-electron chi connectivity index (χ3n) is 3.21. The summed E-state index contributed by atoms with van der Waals surface area (Å²) in [4.78, 5) is 4.15. The molecule has 3 rings (SSSR count).